The number of rotatable bonds is 0. The first-order valence-electron chi connectivity index (χ1n) is 4.22. The summed E-state index contributed by atoms with van der Waals surface area (Å²) >= 11 is 0. The van der Waals surface area contributed by atoms with Crippen LogP contribution in [0.3, 0.4) is 0 Å². The molecule has 0 aromatic heterocycles. The van der Waals surface area contributed by atoms with Crippen LogP contribution >= 0.6 is 0 Å². The smallest absolute Gasteiger partial charge is 0.338 e. The van der Waals surface area contributed by atoms with Crippen molar-refractivity contribution in [3.8, 4) is 0 Å². The summed E-state index contributed by atoms with van der Waals surface area (Å²) in [6.07, 6.45) is 4.82. The number of hydrogen-bond donors (Lipinski definition) is 0. The highest BCUT2D eigenvalue weighted by Crippen LogP contribution is 2.33. The summed E-state index contributed by atoms with van der Waals surface area (Å²) in [7, 11) is 0. The van der Waals surface area contributed by atoms with Crippen LogP contribution in [-0.2, 0) is 9.53 Å². The molecule has 0 spiro atoms. The van der Waals surface area contributed by atoms with Gasteiger partial charge < -0.3 is 4.74 Å². The minimum atomic E-state index is -0.0746. The molecule has 0 amide bonds. The molecule has 11 heavy (non-hydrogen) atoms. The molecule has 1 unspecified atom stereocenters. The second kappa shape index (κ2) is 2.36. The van der Waals surface area contributed by atoms with Crippen molar-refractivity contribution in [2.45, 2.75) is 38.7 Å². The Hall–Kier alpha value is -0.790. The molecular weight excluding hydrogens is 140 g/mol. The first-order chi connectivity index (χ1) is 5.29. The zero-order valence-electron chi connectivity index (χ0n) is 6.72. The van der Waals surface area contributed by atoms with Crippen molar-refractivity contribution in [3.05, 3.63) is 11.1 Å². The van der Waals surface area contributed by atoms with Gasteiger partial charge in [-0.05, 0) is 32.6 Å². The predicted molar refractivity (Wildman–Crippen MR) is 41.0 cm³/mol. The molecule has 0 bridgehead atoms. The molecule has 0 N–H and O–H groups in total. The molecule has 0 aromatic rings. The summed E-state index contributed by atoms with van der Waals surface area (Å²) in [5.74, 6) is -0.0746. The SMILES string of the molecule is CC1OC(=O)C1=C1CCCC1. The van der Waals surface area contributed by atoms with Gasteiger partial charge in [0.05, 0.1) is 5.57 Å². The summed E-state index contributed by atoms with van der Waals surface area (Å²) in [6, 6.07) is 0. The summed E-state index contributed by atoms with van der Waals surface area (Å²) in [4.78, 5) is 10.9. The number of allylic oxidation sites excluding steroid dienone is 1. The average molecular weight is 152 g/mol. The molecule has 2 aliphatic rings. The van der Waals surface area contributed by atoms with E-state index in [1.807, 2.05) is 6.92 Å². The van der Waals surface area contributed by atoms with Crippen molar-refractivity contribution in [2.75, 3.05) is 0 Å². The molecule has 0 radical (unpaired) electrons. The quantitative estimate of drug-likeness (QED) is 0.391. The standard InChI is InChI=1S/C9H12O2/c1-6-8(9(10)11-6)7-4-2-3-5-7/h6H,2-5H2,1H3. The summed E-state index contributed by atoms with van der Waals surface area (Å²) in [5.41, 5.74) is 2.33. The van der Waals surface area contributed by atoms with Gasteiger partial charge in [0.1, 0.15) is 6.10 Å². The Labute approximate surface area is 66.2 Å². The van der Waals surface area contributed by atoms with Gasteiger partial charge in [0, 0.05) is 0 Å². The van der Waals surface area contributed by atoms with Crippen LogP contribution in [0.2, 0.25) is 0 Å². The molecule has 1 atom stereocenters. The molecule has 2 heteroatoms. The van der Waals surface area contributed by atoms with Crippen LogP contribution in [0.15, 0.2) is 11.1 Å². The zero-order valence-corrected chi connectivity index (χ0v) is 6.72. The van der Waals surface area contributed by atoms with Gasteiger partial charge in [-0.1, -0.05) is 5.57 Å². The van der Waals surface area contributed by atoms with Crippen molar-refractivity contribution in [1.29, 1.82) is 0 Å². The van der Waals surface area contributed by atoms with E-state index in [9.17, 15) is 4.79 Å². The van der Waals surface area contributed by atoms with Gasteiger partial charge in [-0.15, -0.1) is 0 Å². The van der Waals surface area contributed by atoms with Gasteiger partial charge in [-0.2, -0.15) is 0 Å². The van der Waals surface area contributed by atoms with Crippen LogP contribution in [0.4, 0.5) is 0 Å². The number of carbonyl (C=O) groups is 1. The Morgan fingerprint density at radius 3 is 2.45 bits per heavy atom. The first-order valence-corrected chi connectivity index (χ1v) is 4.22. The highest BCUT2D eigenvalue weighted by Gasteiger charge is 2.35. The van der Waals surface area contributed by atoms with E-state index in [1.54, 1.807) is 0 Å². The molecule has 2 rings (SSSR count). The number of hydrogen-bond acceptors (Lipinski definition) is 2. The third-order valence-electron chi connectivity index (χ3n) is 2.50. The second-order valence-electron chi connectivity index (χ2n) is 3.27. The molecule has 1 heterocycles. The molecule has 1 aliphatic carbocycles. The maximum atomic E-state index is 10.9. The topological polar surface area (TPSA) is 26.3 Å². The lowest BCUT2D eigenvalue weighted by atomic mass is 9.98. The maximum Gasteiger partial charge on any atom is 0.338 e. The number of cyclic esters (lactones) is 1. The summed E-state index contributed by atoms with van der Waals surface area (Å²) in [6.45, 7) is 1.95. The zero-order chi connectivity index (χ0) is 7.84. The van der Waals surface area contributed by atoms with Crippen LogP contribution in [-0.4, -0.2) is 12.1 Å². The van der Waals surface area contributed by atoms with Gasteiger partial charge in [-0.25, -0.2) is 4.79 Å². The van der Waals surface area contributed by atoms with E-state index in [-0.39, 0.29) is 12.1 Å². The van der Waals surface area contributed by atoms with Crippen molar-refractivity contribution in [2.24, 2.45) is 0 Å². The van der Waals surface area contributed by atoms with Gasteiger partial charge in [0.2, 0.25) is 0 Å². The van der Waals surface area contributed by atoms with Crippen LogP contribution in [0, 0.1) is 0 Å². The van der Waals surface area contributed by atoms with E-state index in [2.05, 4.69) is 0 Å². The maximum absolute atomic E-state index is 10.9. The first kappa shape index (κ1) is 6.89. The Bertz CT molecular complexity index is 220. The fourth-order valence-electron chi connectivity index (χ4n) is 1.89. The average Bonchev–Trinajstić information content (AvgIpc) is 2.39. The van der Waals surface area contributed by atoms with Crippen LogP contribution in [0.1, 0.15) is 32.6 Å². The Balaban J connectivity index is 2.23. The monoisotopic (exact) mass is 152 g/mol. The molecule has 60 valence electrons. The minimum Gasteiger partial charge on any atom is -0.454 e. The van der Waals surface area contributed by atoms with E-state index >= 15 is 0 Å². The highest BCUT2D eigenvalue weighted by molar-refractivity contribution is 5.96. The van der Waals surface area contributed by atoms with Gasteiger partial charge in [0.15, 0.2) is 0 Å². The van der Waals surface area contributed by atoms with Gasteiger partial charge >= 0.3 is 5.97 Å². The van der Waals surface area contributed by atoms with Crippen molar-refractivity contribution < 1.29 is 9.53 Å². The van der Waals surface area contributed by atoms with Crippen LogP contribution < -0.4 is 0 Å². The van der Waals surface area contributed by atoms with E-state index < -0.39 is 0 Å². The third kappa shape index (κ3) is 0.971. The van der Waals surface area contributed by atoms with E-state index in [4.69, 9.17) is 4.74 Å². The van der Waals surface area contributed by atoms with Crippen LogP contribution in [0.5, 0.6) is 0 Å². The van der Waals surface area contributed by atoms with Gasteiger partial charge in [0.25, 0.3) is 0 Å². The number of carbonyl (C=O) groups excluding carboxylic acids is 1. The summed E-state index contributed by atoms with van der Waals surface area (Å²) in [5, 5.41) is 0. The largest absolute Gasteiger partial charge is 0.454 e. The van der Waals surface area contributed by atoms with Crippen molar-refractivity contribution >= 4 is 5.97 Å². The van der Waals surface area contributed by atoms with Crippen molar-refractivity contribution in [3.63, 3.8) is 0 Å². The fraction of sp³-hybridized carbons (Fsp3) is 0.667. The molecule has 1 saturated carbocycles. The highest BCUT2D eigenvalue weighted by atomic mass is 16.6. The Morgan fingerprint density at radius 1 is 1.36 bits per heavy atom. The van der Waals surface area contributed by atoms with E-state index in [1.165, 1.54) is 18.4 Å². The molecular formula is C9H12O2. The molecule has 2 nitrogen and oxygen atoms in total. The van der Waals surface area contributed by atoms with E-state index in [0.29, 0.717) is 0 Å². The second-order valence-corrected chi connectivity index (χ2v) is 3.27. The Kier molecular flexibility index (Phi) is 1.48. The fourth-order valence-corrected chi connectivity index (χ4v) is 1.89. The number of ether oxygens (including phenoxy) is 1. The molecule has 1 aliphatic heterocycles. The molecule has 0 aromatic carbocycles. The lowest BCUT2D eigenvalue weighted by Gasteiger charge is -2.27. The van der Waals surface area contributed by atoms with Gasteiger partial charge in [-0.3, -0.25) is 0 Å². The lowest BCUT2D eigenvalue weighted by Crippen LogP contribution is -2.35. The number of esters is 1. The molecule has 2 fully saturated rings. The van der Waals surface area contributed by atoms with Crippen molar-refractivity contribution in [1.82, 2.24) is 0 Å². The minimum absolute atomic E-state index is 0.0746. The van der Waals surface area contributed by atoms with Crippen LogP contribution in [0.25, 0.3) is 0 Å². The van der Waals surface area contributed by atoms with E-state index in [0.717, 1.165) is 18.4 Å². The predicted octanol–water partition coefficient (Wildman–Crippen LogP) is 1.80. The molecule has 1 saturated heterocycles. The summed E-state index contributed by atoms with van der Waals surface area (Å²) < 4.78 is 4.87. The normalized spacial score (nSPS) is 30.3. The lowest BCUT2D eigenvalue weighted by molar-refractivity contribution is -0.154. The third-order valence-corrected chi connectivity index (χ3v) is 2.50. The Morgan fingerprint density at radius 2 is 2.00 bits per heavy atom.